The van der Waals surface area contributed by atoms with E-state index in [0.29, 0.717) is 18.9 Å². The zero-order valence-corrected chi connectivity index (χ0v) is 16.2. The highest BCUT2D eigenvalue weighted by Crippen LogP contribution is 2.28. The van der Waals surface area contributed by atoms with Crippen molar-refractivity contribution in [1.82, 2.24) is 0 Å². The van der Waals surface area contributed by atoms with Crippen LogP contribution in [0.15, 0.2) is 23.8 Å². The summed E-state index contributed by atoms with van der Waals surface area (Å²) < 4.78 is 4.92. The Morgan fingerprint density at radius 1 is 1.04 bits per heavy atom. The maximum absolute atomic E-state index is 12.0. The van der Waals surface area contributed by atoms with E-state index < -0.39 is 0 Å². The predicted octanol–water partition coefficient (Wildman–Crippen LogP) is 5.93. The molecule has 0 unspecified atom stereocenters. The fourth-order valence-corrected chi connectivity index (χ4v) is 3.32. The summed E-state index contributed by atoms with van der Waals surface area (Å²) in [5.74, 6) is 0.427. The Bertz CT molecular complexity index is 448. The third-order valence-electron chi connectivity index (χ3n) is 4.79. The van der Waals surface area contributed by atoms with Crippen LogP contribution in [-0.2, 0) is 14.3 Å². The third kappa shape index (κ3) is 9.62. The lowest BCUT2D eigenvalue weighted by molar-refractivity contribution is -0.143. The summed E-state index contributed by atoms with van der Waals surface area (Å²) in [6.07, 6.45) is 19.2. The second-order valence-corrected chi connectivity index (χ2v) is 6.95. The van der Waals surface area contributed by atoms with Gasteiger partial charge in [0.2, 0.25) is 0 Å². The summed E-state index contributed by atoms with van der Waals surface area (Å²) in [5.41, 5.74) is 0.999. The van der Waals surface area contributed by atoms with Crippen molar-refractivity contribution in [2.24, 2.45) is 5.92 Å². The van der Waals surface area contributed by atoms with Crippen LogP contribution in [0.1, 0.15) is 90.9 Å². The van der Waals surface area contributed by atoms with Gasteiger partial charge in [0.25, 0.3) is 0 Å². The number of esters is 1. The molecular formula is C22H36O3. The van der Waals surface area contributed by atoms with Gasteiger partial charge in [0, 0.05) is 17.9 Å². The van der Waals surface area contributed by atoms with Crippen molar-refractivity contribution in [3.8, 4) is 0 Å². The molecule has 0 amide bonds. The molecule has 3 heteroatoms. The average Bonchev–Trinajstić information content (AvgIpc) is 2.94. The minimum Gasteiger partial charge on any atom is -0.466 e. The van der Waals surface area contributed by atoms with Crippen LogP contribution >= 0.6 is 0 Å². The van der Waals surface area contributed by atoms with E-state index in [4.69, 9.17) is 4.74 Å². The topological polar surface area (TPSA) is 43.4 Å². The van der Waals surface area contributed by atoms with Gasteiger partial charge in [-0.05, 0) is 38.7 Å². The van der Waals surface area contributed by atoms with Crippen molar-refractivity contribution in [2.45, 2.75) is 90.9 Å². The van der Waals surface area contributed by atoms with Crippen molar-refractivity contribution >= 4 is 11.8 Å². The van der Waals surface area contributed by atoms with E-state index in [0.717, 1.165) is 37.7 Å². The molecule has 1 atom stereocenters. The van der Waals surface area contributed by atoms with Crippen LogP contribution in [0, 0.1) is 5.92 Å². The molecule has 1 rings (SSSR count). The van der Waals surface area contributed by atoms with Crippen LogP contribution in [0.5, 0.6) is 0 Å². The number of carbonyl (C=O) groups excluding carboxylic acids is 2. The molecule has 0 aromatic rings. The summed E-state index contributed by atoms with van der Waals surface area (Å²) >= 11 is 0. The predicted molar refractivity (Wildman–Crippen MR) is 103 cm³/mol. The van der Waals surface area contributed by atoms with Gasteiger partial charge in [-0.1, -0.05) is 64.0 Å². The van der Waals surface area contributed by atoms with E-state index >= 15 is 0 Å². The molecule has 0 bridgehead atoms. The minimum atomic E-state index is -0.102. The van der Waals surface area contributed by atoms with E-state index in [1.807, 2.05) is 6.92 Å². The lowest BCUT2D eigenvalue weighted by Gasteiger charge is -2.10. The second-order valence-electron chi connectivity index (χ2n) is 6.95. The van der Waals surface area contributed by atoms with Gasteiger partial charge in [-0.2, -0.15) is 0 Å². The van der Waals surface area contributed by atoms with Crippen molar-refractivity contribution in [3.05, 3.63) is 23.8 Å². The van der Waals surface area contributed by atoms with Gasteiger partial charge < -0.3 is 4.74 Å². The first kappa shape index (κ1) is 21.7. The highest BCUT2D eigenvalue weighted by Gasteiger charge is 2.21. The van der Waals surface area contributed by atoms with Crippen LogP contribution < -0.4 is 0 Å². The Balaban J connectivity index is 2.19. The molecule has 0 spiro atoms. The van der Waals surface area contributed by atoms with Crippen LogP contribution in [0.2, 0.25) is 0 Å². The van der Waals surface area contributed by atoms with Gasteiger partial charge in [-0.25, -0.2) is 0 Å². The Kier molecular flexibility index (Phi) is 12.0. The van der Waals surface area contributed by atoms with Crippen molar-refractivity contribution < 1.29 is 14.3 Å². The van der Waals surface area contributed by atoms with Gasteiger partial charge in [-0.15, -0.1) is 0 Å². The molecule has 3 nitrogen and oxygen atoms in total. The number of carbonyl (C=O) groups is 2. The molecule has 0 fully saturated rings. The monoisotopic (exact) mass is 348 g/mol. The van der Waals surface area contributed by atoms with Crippen LogP contribution in [0.3, 0.4) is 0 Å². The Labute approximate surface area is 153 Å². The average molecular weight is 349 g/mol. The van der Waals surface area contributed by atoms with Crippen molar-refractivity contribution in [1.29, 1.82) is 0 Å². The number of ether oxygens (including phenoxy) is 1. The van der Waals surface area contributed by atoms with E-state index in [1.165, 1.54) is 38.5 Å². The molecular weight excluding hydrogens is 312 g/mol. The lowest BCUT2D eigenvalue weighted by Crippen LogP contribution is -2.04. The maximum atomic E-state index is 12.0. The SMILES string of the molecule is CCCCCCCC[C@@H]1C=CC(=O)/C1=C/CCCCCC(=O)OCC. The molecule has 0 saturated heterocycles. The molecule has 25 heavy (non-hydrogen) atoms. The molecule has 0 radical (unpaired) electrons. The lowest BCUT2D eigenvalue weighted by atomic mass is 9.94. The summed E-state index contributed by atoms with van der Waals surface area (Å²) in [6, 6.07) is 0. The van der Waals surface area contributed by atoms with Gasteiger partial charge >= 0.3 is 5.97 Å². The van der Waals surface area contributed by atoms with E-state index in [2.05, 4.69) is 19.1 Å². The summed E-state index contributed by atoms with van der Waals surface area (Å²) in [7, 11) is 0. The Hall–Kier alpha value is -1.38. The molecule has 0 aromatic carbocycles. The van der Waals surface area contributed by atoms with Crippen molar-refractivity contribution in [3.63, 3.8) is 0 Å². The standard InChI is InChI=1S/C22H36O3/c1-3-5-6-7-8-11-14-19-17-18-21(23)20(19)15-12-9-10-13-16-22(24)25-4-2/h15,17-19H,3-14,16H2,1-2H3/b20-15+/t19-/m1/s1. The Morgan fingerprint density at radius 2 is 1.76 bits per heavy atom. The van der Waals surface area contributed by atoms with Crippen LogP contribution in [-0.4, -0.2) is 18.4 Å². The highest BCUT2D eigenvalue weighted by atomic mass is 16.5. The summed E-state index contributed by atoms with van der Waals surface area (Å²) in [6.45, 7) is 4.53. The summed E-state index contributed by atoms with van der Waals surface area (Å²) in [5, 5.41) is 0. The fourth-order valence-electron chi connectivity index (χ4n) is 3.32. The number of hydrogen-bond donors (Lipinski definition) is 0. The molecule has 0 aliphatic heterocycles. The first-order valence-electron chi connectivity index (χ1n) is 10.3. The van der Waals surface area contributed by atoms with Gasteiger partial charge in [-0.3, -0.25) is 9.59 Å². The molecule has 0 saturated carbocycles. The van der Waals surface area contributed by atoms with Gasteiger partial charge in [0.05, 0.1) is 6.61 Å². The van der Waals surface area contributed by atoms with Gasteiger partial charge in [0.15, 0.2) is 5.78 Å². The largest absolute Gasteiger partial charge is 0.466 e. The smallest absolute Gasteiger partial charge is 0.305 e. The first-order chi connectivity index (χ1) is 12.2. The maximum Gasteiger partial charge on any atom is 0.305 e. The molecule has 1 aliphatic rings. The first-order valence-corrected chi connectivity index (χ1v) is 10.3. The fraction of sp³-hybridized carbons (Fsp3) is 0.727. The number of unbranched alkanes of at least 4 members (excludes halogenated alkanes) is 8. The van der Waals surface area contributed by atoms with Gasteiger partial charge in [0.1, 0.15) is 0 Å². The minimum absolute atomic E-state index is 0.102. The normalized spacial score (nSPS) is 18.2. The van der Waals surface area contributed by atoms with Crippen LogP contribution in [0.4, 0.5) is 0 Å². The highest BCUT2D eigenvalue weighted by molar-refractivity contribution is 6.07. The van der Waals surface area contributed by atoms with Crippen LogP contribution in [0.25, 0.3) is 0 Å². The number of ketones is 1. The number of hydrogen-bond acceptors (Lipinski definition) is 3. The van der Waals surface area contributed by atoms with E-state index in [1.54, 1.807) is 6.08 Å². The van der Waals surface area contributed by atoms with Crippen molar-refractivity contribution in [2.75, 3.05) is 6.61 Å². The molecule has 0 heterocycles. The third-order valence-corrected chi connectivity index (χ3v) is 4.79. The molecule has 0 N–H and O–H groups in total. The van der Waals surface area contributed by atoms with E-state index in [-0.39, 0.29) is 11.8 Å². The molecule has 142 valence electrons. The Morgan fingerprint density at radius 3 is 2.52 bits per heavy atom. The number of allylic oxidation sites excluding steroid dienone is 4. The number of rotatable bonds is 14. The zero-order chi connectivity index (χ0) is 18.3. The summed E-state index contributed by atoms with van der Waals surface area (Å²) in [4.78, 5) is 23.3. The zero-order valence-electron chi connectivity index (χ0n) is 16.2. The molecule has 1 aliphatic carbocycles. The molecule has 0 aromatic heterocycles. The second kappa shape index (κ2) is 13.9. The quantitative estimate of drug-likeness (QED) is 0.222. The van der Waals surface area contributed by atoms with E-state index in [9.17, 15) is 9.59 Å².